The maximum Gasteiger partial charge on any atom is 0.348 e. The first kappa shape index (κ1) is 17.9. The van der Waals surface area contributed by atoms with Crippen LogP contribution in [-0.2, 0) is 4.74 Å². The van der Waals surface area contributed by atoms with Crippen LogP contribution in [0.4, 0.5) is 11.4 Å². The predicted molar refractivity (Wildman–Crippen MR) is 96.9 cm³/mol. The fourth-order valence-corrected chi connectivity index (χ4v) is 3.66. The van der Waals surface area contributed by atoms with Gasteiger partial charge in [-0.3, -0.25) is 14.9 Å². The van der Waals surface area contributed by atoms with Crippen LogP contribution in [0.3, 0.4) is 0 Å². The maximum atomic E-state index is 12.6. The van der Waals surface area contributed by atoms with Crippen LogP contribution in [0.5, 0.6) is 0 Å². The molecule has 1 aromatic heterocycles. The van der Waals surface area contributed by atoms with Crippen molar-refractivity contribution in [2.24, 2.45) is 0 Å². The minimum atomic E-state index is -0.447. The second-order valence-corrected chi connectivity index (χ2v) is 6.79. The number of non-ortho nitro benzene ring substituents is 1. The molecule has 1 amide bonds. The van der Waals surface area contributed by atoms with Gasteiger partial charge in [-0.25, -0.2) is 4.79 Å². The molecule has 0 bridgehead atoms. The third-order valence-corrected chi connectivity index (χ3v) is 5.25. The van der Waals surface area contributed by atoms with Crippen LogP contribution in [0, 0.1) is 10.1 Å². The Morgan fingerprint density at radius 1 is 1.04 bits per heavy atom. The molecule has 0 N–H and O–H groups in total. The van der Waals surface area contributed by atoms with E-state index in [1.165, 1.54) is 19.2 Å². The molecule has 1 fully saturated rings. The van der Waals surface area contributed by atoms with Gasteiger partial charge in [0.05, 0.1) is 16.9 Å². The lowest BCUT2D eigenvalue weighted by molar-refractivity contribution is -0.384. The van der Waals surface area contributed by atoms with Crippen molar-refractivity contribution in [1.82, 2.24) is 4.90 Å². The Hall–Kier alpha value is -2.94. The quantitative estimate of drug-likeness (QED) is 0.463. The number of amides is 1. The molecule has 136 valence electrons. The zero-order chi connectivity index (χ0) is 18.7. The van der Waals surface area contributed by atoms with E-state index >= 15 is 0 Å². The predicted octanol–water partition coefficient (Wildman–Crippen LogP) is 2.41. The number of rotatable bonds is 4. The fraction of sp³-hybridized carbons (Fsp3) is 0.294. The zero-order valence-electron chi connectivity index (χ0n) is 14.1. The summed E-state index contributed by atoms with van der Waals surface area (Å²) in [5, 5.41) is 10.7. The van der Waals surface area contributed by atoms with Gasteiger partial charge >= 0.3 is 5.97 Å². The van der Waals surface area contributed by atoms with Gasteiger partial charge < -0.3 is 14.5 Å². The first-order chi connectivity index (χ1) is 12.5. The van der Waals surface area contributed by atoms with Crippen molar-refractivity contribution in [1.29, 1.82) is 0 Å². The van der Waals surface area contributed by atoms with Crippen LogP contribution >= 0.6 is 11.3 Å². The molecule has 1 aliphatic rings. The number of ether oxygens (including phenoxy) is 1. The number of thiophene rings is 1. The van der Waals surface area contributed by atoms with Gasteiger partial charge in [0.2, 0.25) is 0 Å². The summed E-state index contributed by atoms with van der Waals surface area (Å²) in [4.78, 5) is 39.1. The molecule has 1 aromatic carbocycles. The Labute approximate surface area is 153 Å². The van der Waals surface area contributed by atoms with E-state index in [9.17, 15) is 19.7 Å². The molecule has 0 spiro atoms. The number of nitro groups is 1. The van der Waals surface area contributed by atoms with Crippen LogP contribution in [0.1, 0.15) is 19.3 Å². The molecule has 0 unspecified atom stereocenters. The molecule has 0 saturated carbocycles. The van der Waals surface area contributed by atoms with Crippen molar-refractivity contribution in [3.63, 3.8) is 0 Å². The number of esters is 1. The Bertz CT molecular complexity index is 825. The first-order valence-electron chi connectivity index (χ1n) is 7.96. The molecular weight excluding hydrogens is 358 g/mol. The normalized spacial score (nSPS) is 14.2. The van der Waals surface area contributed by atoms with Crippen molar-refractivity contribution in [2.75, 3.05) is 38.2 Å². The van der Waals surface area contributed by atoms with Crippen molar-refractivity contribution >= 4 is 34.6 Å². The fourth-order valence-electron chi connectivity index (χ4n) is 2.77. The molecule has 26 heavy (non-hydrogen) atoms. The Morgan fingerprint density at radius 2 is 1.65 bits per heavy atom. The largest absolute Gasteiger partial charge is 0.465 e. The number of anilines is 1. The van der Waals surface area contributed by atoms with Crippen LogP contribution in [-0.4, -0.2) is 55.0 Å². The Morgan fingerprint density at radius 3 is 2.23 bits per heavy atom. The SMILES string of the molecule is COC(=O)c1ccc(C(=O)N2CCN(c3ccc([N+](=O)[O-])cc3)CC2)s1. The summed E-state index contributed by atoms with van der Waals surface area (Å²) < 4.78 is 4.66. The van der Waals surface area contributed by atoms with E-state index < -0.39 is 10.9 Å². The van der Waals surface area contributed by atoms with Crippen LogP contribution in [0.15, 0.2) is 36.4 Å². The number of benzene rings is 1. The smallest absolute Gasteiger partial charge is 0.348 e. The number of carbonyl (C=O) groups excluding carboxylic acids is 2. The average Bonchev–Trinajstić information content (AvgIpc) is 3.17. The molecule has 2 aromatic rings. The van der Waals surface area contributed by atoms with E-state index in [1.807, 2.05) is 0 Å². The van der Waals surface area contributed by atoms with Gasteiger partial charge in [0.15, 0.2) is 0 Å². The van der Waals surface area contributed by atoms with Gasteiger partial charge in [-0.1, -0.05) is 0 Å². The van der Waals surface area contributed by atoms with E-state index in [2.05, 4.69) is 9.64 Å². The van der Waals surface area contributed by atoms with Gasteiger partial charge in [0.1, 0.15) is 4.88 Å². The molecule has 3 rings (SSSR count). The lowest BCUT2D eigenvalue weighted by Crippen LogP contribution is -2.48. The van der Waals surface area contributed by atoms with Crippen LogP contribution < -0.4 is 4.90 Å². The molecule has 2 heterocycles. The first-order valence-corrected chi connectivity index (χ1v) is 8.78. The van der Waals surface area contributed by atoms with Crippen molar-refractivity contribution in [2.45, 2.75) is 0 Å². The minimum absolute atomic E-state index is 0.0571. The van der Waals surface area contributed by atoms with Crippen molar-refractivity contribution in [3.05, 3.63) is 56.3 Å². The summed E-state index contributed by atoms with van der Waals surface area (Å²) in [7, 11) is 1.31. The summed E-state index contributed by atoms with van der Waals surface area (Å²) in [6.45, 7) is 2.36. The molecule has 8 nitrogen and oxygen atoms in total. The highest BCUT2D eigenvalue weighted by atomic mass is 32.1. The highest BCUT2D eigenvalue weighted by molar-refractivity contribution is 7.15. The highest BCUT2D eigenvalue weighted by Gasteiger charge is 2.24. The third-order valence-electron chi connectivity index (χ3n) is 4.20. The number of piperazine rings is 1. The number of hydrogen-bond donors (Lipinski definition) is 0. The van der Waals surface area contributed by atoms with E-state index in [0.29, 0.717) is 35.9 Å². The Balaban J connectivity index is 1.61. The topological polar surface area (TPSA) is 93.0 Å². The number of nitro benzene ring substituents is 1. The highest BCUT2D eigenvalue weighted by Crippen LogP contribution is 2.23. The van der Waals surface area contributed by atoms with E-state index in [-0.39, 0.29) is 11.6 Å². The molecular formula is C17H17N3O5S. The van der Waals surface area contributed by atoms with Gasteiger partial charge in [-0.05, 0) is 24.3 Å². The summed E-state index contributed by atoms with van der Waals surface area (Å²) >= 11 is 1.13. The monoisotopic (exact) mass is 375 g/mol. The second kappa shape index (κ2) is 7.52. The molecule has 0 radical (unpaired) electrons. The van der Waals surface area contributed by atoms with Gasteiger partial charge in [0, 0.05) is 44.0 Å². The van der Waals surface area contributed by atoms with Crippen LogP contribution in [0.2, 0.25) is 0 Å². The van der Waals surface area contributed by atoms with Crippen molar-refractivity contribution in [3.8, 4) is 0 Å². The third kappa shape index (κ3) is 3.67. The number of methoxy groups -OCH3 is 1. The van der Waals surface area contributed by atoms with E-state index in [4.69, 9.17) is 0 Å². The maximum absolute atomic E-state index is 12.6. The summed E-state index contributed by atoms with van der Waals surface area (Å²) in [6.07, 6.45) is 0. The second-order valence-electron chi connectivity index (χ2n) is 5.71. The standard InChI is InChI=1S/C17H17N3O5S/c1-25-17(22)15-7-6-14(26-15)16(21)19-10-8-18(9-11-19)12-2-4-13(5-3-12)20(23)24/h2-7H,8-11H2,1H3. The van der Waals surface area contributed by atoms with Gasteiger partial charge in [0.25, 0.3) is 11.6 Å². The lowest BCUT2D eigenvalue weighted by Gasteiger charge is -2.35. The molecule has 9 heteroatoms. The van der Waals surface area contributed by atoms with Crippen LogP contribution in [0.25, 0.3) is 0 Å². The molecule has 1 saturated heterocycles. The summed E-state index contributed by atoms with van der Waals surface area (Å²) in [6, 6.07) is 9.63. The van der Waals surface area contributed by atoms with E-state index in [0.717, 1.165) is 17.0 Å². The number of nitrogens with zero attached hydrogens (tertiary/aromatic N) is 3. The molecule has 0 aliphatic carbocycles. The Kier molecular flexibility index (Phi) is 5.17. The minimum Gasteiger partial charge on any atom is -0.465 e. The summed E-state index contributed by atoms with van der Waals surface area (Å²) in [5.41, 5.74) is 0.952. The van der Waals surface area contributed by atoms with Gasteiger partial charge in [-0.15, -0.1) is 11.3 Å². The number of carbonyl (C=O) groups is 2. The molecule has 0 atom stereocenters. The van der Waals surface area contributed by atoms with Gasteiger partial charge in [-0.2, -0.15) is 0 Å². The summed E-state index contributed by atoms with van der Waals surface area (Å²) in [5.74, 6) is -0.550. The number of hydrogen-bond acceptors (Lipinski definition) is 7. The average molecular weight is 375 g/mol. The van der Waals surface area contributed by atoms with Crippen molar-refractivity contribution < 1.29 is 19.2 Å². The zero-order valence-corrected chi connectivity index (χ0v) is 14.9. The lowest BCUT2D eigenvalue weighted by atomic mass is 10.2. The molecule has 1 aliphatic heterocycles. The van der Waals surface area contributed by atoms with E-state index in [1.54, 1.807) is 29.2 Å².